The Morgan fingerprint density at radius 1 is 1.12 bits per heavy atom. The summed E-state index contributed by atoms with van der Waals surface area (Å²) in [5.74, 6) is 0.401. The van der Waals surface area contributed by atoms with E-state index in [0.717, 1.165) is 60.3 Å². The summed E-state index contributed by atoms with van der Waals surface area (Å²) >= 11 is 0. The van der Waals surface area contributed by atoms with E-state index in [0.29, 0.717) is 24.4 Å². The molecule has 2 heterocycles. The van der Waals surface area contributed by atoms with Crippen molar-refractivity contribution in [2.75, 3.05) is 45.7 Å². The van der Waals surface area contributed by atoms with E-state index in [4.69, 9.17) is 4.74 Å². The Labute approximate surface area is 235 Å². The maximum absolute atomic E-state index is 14.1. The molecule has 8 nitrogen and oxygen atoms in total. The number of anilines is 1. The van der Waals surface area contributed by atoms with Crippen molar-refractivity contribution in [3.05, 3.63) is 89.3 Å². The first-order valence-electron chi connectivity index (χ1n) is 13.8. The second-order valence-corrected chi connectivity index (χ2v) is 11.1. The van der Waals surface area contributed by atoms with Gasteiger partial charge >= 0.3 is 0 Å². The molecule has 5 rings (SSSR count). The Hall–Kier alpha value is -3.88. The molecule has 0 radical (unpaired) electrons. The largest absolute Gasteiger partial charge is 0.496 e. The number of aromatic nitrogens is 1. The van der Waals surface area contributed by atoms with Crippen LogP contribution in [-0.2, 0) is 17.8 Å². The summed E-state index contributed by atoms with van der Waals surface area (Å²) in [4.78, 5) is 30.9. The predicted octanol–water partition coefficient (Wildman–Crippen LogP) is 3.96. The zero-order valence-electron chi connectivity index (χ0n) is 23.5. The lowest BCUT2D eigenvalue weighted by molar-refractivity contribution is -0.117. The van der Waals surface area contributed by atoms with E-state index in [2.05, 4.69) is 22.4 Å². The summed E-state index contributed by atoms with van der Waals surface area (Å²) in [6.07, 6.45) is 9.11. The Morgan fingerprint density at radius 2 is 1.95 bits per heavy atom. The lowest BCUT2D eigenvalue weighted by Crippen LogP contribution is -2.33. The number of nitrogens with one attached hydrogen (secondary N) is 1. The molecule has 3 aromatic rings. The zero-order chi connectivity index (χ0) is 28.3. The fourth-order valence-corrected chi connectivity index (χ4v) is 5.83. The number of rotatable bonds is 8. The van der Waals surface area contributed by atoms with Crippen molar-refractivity contribution in [3.63, 3.8) is 0 Å². The molecule has 1 aromatic heterocycles. The normalized spacial score (nSPS) is 18.4. The van der Waals surface area contributed by atoms with Crippen LogP contribution in [-0.4, -0.2) is 67.2 Å². The number of likely N-dealkylation sites (N-methyl/N-ethyl adjacent to an activating group) is 1. The first-order valence-corrected chi connectivity index (χ1v) is 13.8. The van der Waals surface area contributed by atoms with Gasteiger partial charge in [0.1, 0.15) is 5.75 Å². The summed E-state index contributed by atoms with van der Waals surface area (Å²) in [5, 5.41) is 12.5. The minimum absolute atomic E-state index is 0.0165. The first-order chi connectivity index (χ1) is 19.3. The zero-order valence-corrected chi connectivity index (χ0v) is 23.5. The Kier molecular flexibility index (Phi) is 8.09. The third-order valence-electron chi connectivity index (χ3n) is 8.06. The molecule has 0 fully saturated rings. The van der Waals surface area contributed by atoms with E-state index in [9.17, 15) is 14.7 Å². The molecule has 2 aliphatic rings. The van der Waals surface area contributed by atoms with Gasteiger partial charge in [-0.3, -0.25) is 9.59 Å². The number of carbonyl (C=O) groups is 2. The molecule has 2 N–H and O–H groups in total. The van der Waals surface area contributed by atoms with E-state index in [1.54, 1.807) is 7.11 Å². The third-order valence-corrected chi connectivity index (χ3v) is 8.06. The number of carbonyl (C=O) groups excluding carboxylic acids is 2. The van der Waals surface area contributed by atoms with E-state index in [1.165, 1.54) is 0 Å². The van der Waals surface area contributed by atoms with Gasteiger partial charge in [-0.2, -0.15) is 0 Å². The van der Waals surface area contributed by atoms with Crippen molar-refractivity contribution in [1.29, 1.82) is 0 Å². The van der Waals surface area contributed by atoms with Gasteiger partial charge in [0, 0.05) is 55.0 Å². The fourth-order valence-electron chi connectivity index (χ4n) is 5.83. The fraction of sp³-hybridized carbons (Fsp3) is 0.375. The van der Waals surface area contributed by atoms with Gasteiger partial charge in [0.05, 0.1) is 19.3 Å². The molecule has 0 bridgehead atoms. The van der Waals surface area contributed by atoms with Gasteiger partial charge in [0.25, 0.3) is 5.91 Å². The van der Waals surface area contributed by atoms with Gasteiger partial charge in [-0.05, 0) is 80.6 Å². The second kappa shape index (κ2) is 11.7. The minimum Gasteiger partial charge on any atom is -0.496 e. The molecule has 1 unspecified atom stereocenters. The topological polar surface area (TPSA) is 87.0 Å². The molecular formula is C32H38N4O4. The van der Waals surface area contributed by atoms with Crippen molar-refractivity contribution in [1.82, 2.24) is 14.8 Å². The predicted molar refractivity (Wildman–Crippen MR) is 156 cm³/mol. The van der Waals surface area contributed by atoms with Gasteiger partial charge in [0.15, 0.2) is 0 Å². The lowest BCUT2D eigenvalue weighted by atomic mass is 9.79. The highest BCUT2D eigenvalue weighted by Crippen LogP contribution is 2.46. The number of para-hydroxylation sites is 1. The van der Waals surface area contributed by atoms with Gasteiger partial charge in [-0.25, -0.2) is 0 Å². The molecule has 1 spiro atoms. The van der Waals surface area contributed by atoms with Crippen LogP contribution >= 0.6 is 0 Å². The quantitative estimate of drug-likeness (QED) is 0.450. The number of methoxy groups -OCH3 is 1. The van der Waals surface area contributed by atoms with Crippen molar-refractivity contribution in [3.8, 4) is 11.4 Å². The van der Waals surface area contributed by atoms with Crippen LogP contribution in [0.5, 0.6) is 5.75 Å². The van der Waals surface area contributed by atoms with Crippen LogP contribution in [0, 0.1) is 5.41 Å². The van der Waals surface area contributed by atoms with E-state index in [1.807, 2.05) is 78.4 Å². The highest BCUT2D eigenvalue weighted by atomic mass is 16.5. The molecule has 2 aromatic carbocycles. The number of benzene rings is 2. The number of aliphatic hydroxyl groups excluding tert-OH is 1. The highest BCUT2D eigenvalue weighted by molar-refractivity contribution is 6.08. The van der Waals surface area contributed by atoms with Crippen LogP contribution in [0.4, 0.5) is 5.69 Å². The Bertz CT molecular complexity index is 1430. The Balaban J connectivity index is 1.40. The van der Waals surface area contributed by atoms with Crippen LogP contribution in [0.15, 0.2) is 72.6 Å². The maximum Gasteiger partial charge on any atom is 0.262 e. The van der Waals surface area contributed by atoms with Crippen molar-refractivity contribution >= 4 is 17.5 Å². The lowest BCUT2D eigenvalue weighted by Gasteiger charge is -2.26. The molecule has 1 aliphatic carbocycles. The van der Waals surface area contributed by atoms with Crippen molar-refractivity contribution in [2.24, 2.45) is 5.41 Å². The summed E-state index contributed by atoms with van der Waals surface area (Å²) in [5.41, 5.74) is 4.85. The first kappa shape index (κ1) is 27.7. The molecular weight excluding hydrogens is 504 g/mol. The van der Waals surface area contributed by atoms with Gasteiger partial charge in [-0.15, -0.1) is 0 Å². The molecule has 0 saturated heterocycles. The standard InChI is InChI=1S/C32H38N4O4/c1-34(2)17-14-33-30(38)25-10-12-32(20-25)13-16-36(28-7-5-4-6-24(28)19-32)31(39)27-9-8-26(18-29(27)40-3)35-15-11-23(21-35)22-37/h4-9,11,15,18,20-21,37H,10,12-14,16-17,19,22H2,1-3H3,(H,33,38). The number of hydrogen-bond donors (Lipinski definition) is 2. The van der Waals surface area contributed by atoms with E-state index in [-0.39, 0.29) is 23.8 Å². The minimum atomic E-state index is -0.161. The number of nitrogens with zero attached hydrogens (tertiary/aromatic N) is 3. The number of ether oxygens (including phenoxy) is 1. The summed E-state index contributed by atoms with van der Waals surface area (Å²) < 4.78 is 7.58. The monoisotopic (exact) mass is 542 g/mol. The summed E-state index contributed by atoms with van der Waals surface area (Å²) in [7, 11) is 5.56. The van der Waals surface area contributed by atoms with Crippen LogP contribution in [0.1, 0.15) is 40.7 Å². The number of allylic oxidation sites excluding steroid dienone is 1. The average Bonchev–Trinajstić information content (AvgIpc) is 3.57. The number of hydrogen-bond acceptors (Lipinski definition) is 5. The van der Waals surface area contributed by atoms with Crippen molar-refractivity contribution in [2.45, 2.75) is 32.3 Å². The Morgan fingerprint density at radius 3 is 2.70 bits per heavy atom. The maximum atomic E-state index is 14.1. The molecule has 2 amide bonds. The molecule has 8 heteroatoms. The third kappa shape index (κ3) is 5.69. The van der Waals surface area contributed by atoms with Gasteiger partial charge in [0.2, 0.25) is 5.91 Å². The molecule has 1 aliphatic heterocycles. The van der Waals surface area contributed by atoms with E-state index < -0.39 is 0 Å². The molecule has 0 saturated carbocycles. The van der Waals surface area contributed by atoms with Gasteiger partial charge in [-0.1, -0.05) is 24.3 Å². The van der Waals surface area contributed by atoms with Crippen LogP contribution in [0.3, 0.4) is 0 Å². The average molecular weight is 543 g/mol. The SMILES string of the molecule is COc1cc(-n2ccc(CO)c2)ccc1C(=O)N1CCC2(C=C(C(=O)NCCN(C)C)CC2)Cc2ccccc21. The molecule has 40 heavy (non-hydrogen) atoms. The smallest absolute Gasteiger partial charge is 0.262 e. The van der Waals surface area contributed by atoms with Gasteiger partial charge < -0.3 is 29.5 Å². The van der Waals surface area contributed by atoms with Crippen LogP contribution < -0.4 is 15.0 Å². The van der Waals surface area contributed by atoms with E-state index >= 15 is 0 Å². The van der Waals surface area contributed by atoms with Crippen LogP contribution in [0.2, 0.25) is 0 Å². The molecule has 1 atom stereocenters. The number of amides is 2. The number of fused-ring (bicyclic) bond motifs is 1. The molecule has 210 valence electrons. The highest BCUT2D eigenvalue weighted by Gasteiger charge is 2.39. The number of aliphatic hydroxyl groups is 1. The summed E-state index contributed by atoms with van der Waals surface area (Å²) in [6, 6.07) is 15.5. The van der Waals surface area contributed by atoms with Crippen LogP contribution in [0.25, 0.3) is 5.69 Å². The second-order valence-electron chi connectivity index (χ2n) is 11.1. The van der Waals surface area contributed by atoms with Crippen molar-refractivity contribution < 1.29 is 19.4 Å². The summed E-state index contributed by atoms with van der Waals surface area (Å²) in [6.45, 7) is 1.93.